The zero-order valence-corrected chi connectivity index (χ0v) is 65.3. The highest BCUT2D eigenvalue weighted by Gasteiger charge is 2.47. The predicted octanol–water partition coefficient (Wildman–Crippen LogP) is 23.1. The highest BCUT2D eigenvalue weighted by atomic mass is 35.5. The largest absolute Gasteiger partial charge is 0.493 e. The van der Waals surface area contributed by atoms with Gasteiger partial charge in [0.25, 0.3) is 0 Å². The van der Waals surface area contributed by atoms with Gasteiger partial charge in [-0.1, -0.05) is 283 Å². The van der Waals surface area contributed by atoms with E-state index < -0.39 is 52.8 Å². The van der Waals surface area contributed by atoms with Gasteiger partial charge >= 0.3 is 12.1 Å². The number of fused-ring (bicyclic) bond motifs is 3. The van der Waals surface area contributed by atoms with Crippen molar-refractivity contribution in [2.45, 2.75) is 270 Å². The van der Waals surface area contributed by atoms with Crippen molar-refractivity contribution in [1.82, 2.24) is 10.6 Å². The molecule has 5 aromatic carbocycles. The lowest BCUT2D eigenvalue weighted by Gasteiger charge is -2.42. The van der Waals surface area contributed by atoms with Gasteiger partial charge in [-0.3, -0.25) is 9.59 Å². The van der Waals surface area contributed by atoms with Crippen LogP contribution in [0.1, 0.15) is 253 Å². The number of unbranched alkanes of at least 4 members (excludes halogenated alkanes) is 16. The van der Waals surface area contributed by atoms with E-state index in [0.29, 0.717) is 91.1 Å². The quantitative estimate of drug-likeness (QED) is 0.0169. The number of alkyl carbamates (subject to hydrolysis) is 1. The molecule has 2 N–H and O–H groups in total. The number of rotatable bonds is 46. The number of carbonyl (C=O) groups is 3. The molecule has 11 nitrogen and oxygen atoms in total. The number of hydrogen-bond acceptors (Lipinski definition) is 9. The van der Waals surface area contributed by atoms with Gasteiger partial charge in [0.05, 0.1) is 13.2 Å². The Balaban J connectivity index is 1.13. The molecule has 6 rings (SSSR count). The third-order valence-corrected chi connectivity index (χ3v) is 33.1. The number of esters is 1. The molecule has 5 aromatic rings. The lowest BCUT2D eigenvalue weighted by atomic mass is 9.79. The van der Waals surface area contributed by atoms with Gasteiger partial charge in [-0.25, -0.2) is 4.79 Å². The van der Waals surface area contributed by atoms with Crippen LogP contribution in [0.15, 0.2) is 115 Å². The fraction of sp³-hybridized carbons (Fsp3) is 0.598. The first kappa shape index (κ1) is 80.8. The van der Waals surface area contributed by atoms with Crippen molar-refractivity contribution >= 4 is 57.8 Å². The number of carbonyl (C=O) groups excluding carboxylic acids is 3. The van der Waals surface area contributed by atoms with Crippen LogP contribution in [-0.2, 0) is 33.5 Å². The highest BCUT2D eigenvalue weighted by molar-refractivity contribution is 6.78. The highest BCUT2D eigenvalue weighted by Crippen LogP contribution is 2.48. The number of halogens is 2. The second-order valence-corrected chi connectivity index (χ2v) is 41.4. The number of benzene rings is 5. The summed E-state index contributed by atoms with van der Waals surface area (Å²) in [5, 5.41) is 6.63. The summed E-state index contributed by atoms with van der Waals surface area (Å²) in [6.07, 6.45) is 20.1. The molecule has 0 aromatic heterocycles. The van der Waals surface area contributed by atoms with Crippen molar-refractivity contribution in [3.63, 3.8) is 0 Å². The number of amides is 2. The Bertz CT molecular complexity index is 2920. The van der Waals surface area contributed by atoms with Crippen molar-refractivity contribution in [3.05, 3.63) is 153 Å². The maximum absolute atomic E-state index is 14.8. The normalized spacial score (nSPS) is 13.1. The van der Waals surface area contributed by atoms with Gasteiger partial charge < -0.3 is 38.4 Å². The van der Waals surface area contributed by atoms with E-state index in [1.54, 1.807) is 24.3 Å². The first-order chi connectivity index (χ1) is 46.5. The van der Waals surface area contributed by atoms with Gasteiger partial charge in [-0.2, -0.15) is 0 Å². The Hall–Kier alpha value is -5.16. The number of hydrogen-bond donors (Lipinski definition) is 2. The molecule has 0 saturated heterocycles. The molecule has 97 heavy (non-hydrogen) atoms. The number of nitrogens with one attached hydrogen (secondary N) is 2. The summed E-state index contributed by atoms with van der Waals surface area (Å²) in [4.78, 5) is 42.7. The molecule has 0 saturated carbocycles. The maximum atomic E-state index is 14.8. The summed E-state index contributed by atoms with van der Waals surface area (Å²) in [6.45, 7) is 34.6. The molecule has 1 aliphatic rings. The van der Waals surface area contributed by atoms with Crippen LogP contribution < -0.4 is 20.1 Å². The predicted molar refractivity (Wildman–Crippen MR) is 408 cm³/mol. The Morgan fingerprint density at radius 1 is 0.454 bits per heavy atom. The van der Waals surface area contributed by atoms with Crippen molar-refractivity contribution in [3.8, 4) is 22.6 Å². The van der Waals surface area contributed by atoms with E-state index in [-0.39, 0.29) is 18.4 Å². The van der Waals surface area contributed by atoms with E-state index in [2.05, 4.69) is 118 Å². The maximum Gasteiger partial charge on any atom is 0.407 e. The Morgan fingerprint density at radius 3 is 1.19 bits per heavy atom. The Labute approximate surface area is 598 Å². The molecule has 0 bridgehead atoms. The molecule has 15 heteroatoms. The molecule has 0 radical (unpaired) electrons. The SMILES string of the molecule is CC(C)C[C@H](NC(=O)OCC1c2ccccc2-c2ccccc21)C(=O)NCC(=O)OC(c1ccc(Cl)cc1)(c1ccc(Cl)cc1)c1cc(OCCCCCCCCCCCO[Si](C(C)C)(C(C)C)C(C)C)cc(OCCCCCCCCCCCO[Si](C(C)C)(C(C)C)C(C)C)c1. The van der Waals surface area contributed by atoms with Crippen LogP contribution in [0.25, 0.3) is 11.1 Å². The van der Waals surface area contributed by atoms with E-state index in [1.807, 2.05) is 80.6 Å². The van der Waals surface area contributed by atoms with Gasteiger partial charge in [0, 0.05) is 51.9 Å². The van der Waals surface area contributed by atoms with E-state index in [4.69, 9.17) is 51.0 Å². The first-order valence-corrected chi connectivity index (χ1v) is 42.3. The molecular weight excluding hydrogens is 1280 g/mol. The summed E-state index contributed by atoms with van der Waals surface area (Å²) in [5.74, 6) is -0.278. The molecule has 2 amide bonds. The zero-order valence-electron chi connectivity index (χ0n) is 61.8. The first-order valence-electron chi connectivity index (χ1n) is 37.3. The van der Waals surface area contributed by atoms with E-state index in [9.17, 15) is 14.4 Å². The minimum Gasteiger partial charge on any atom is -0.493 e. The van der Waals surface area contributed by atoms with E-state index >= 15 is 0 Å². The van der Waals surface area contributed by atoms with E-state index in [1.165, 1.54) is 64.2 Å². The van der Waals surface area contributed by atoms with Crippen molar-refractivity contribution < 1.29 is 42.2 Å². The van der Waals surface area contributed by atoms with Crippen LogP contribution >= 0.6 is 23.2 Å². The topological polar surface area (TPSA) is 131 Å². The number of ether oxygens (including phenoxy) is 4. The summed E-state index contributed by atoms with van der Waals surface area (Å²) in [5.41, 5.74) is 8.17. The molecule has 0 unspecified atom stereocenters. The van der Waals surface area contributed by atoms with Crippen LogP contribution in [-0.4, -0.2) is 80.2 Å². The summed E-state index contributed by atoms with van der Waals surface area (Å²) < 4.78 is 39.7. The monoisotopic (exact) mass is 1400 g/mol. The minimum absolute atomic E-state index is 0.0102. The summed E-state index contributed by atoms with van der Waals surface area (Å²) in [7, 11) is -3.65. The average molecular weight is 1410 g/mol. The van der Waals surface area contributed by atoms with Crippen LogP contribution in [0, 0.1) is 5.92 Å². The fourth-order valence-corrected chi connectivity index (χ4v) is 27.0. The van der Waals surface area contributed by atoms with Gasteiger partial charge in [-0.15, -0.1) is 0 Å². The van der Waals surface area contributed by atoms with Gasteiger partial charge in [0.1, 0.15) is 30.7 Å². The third kappa shape index (κ3) is 23.2. The zero-order chi connectivity index (χ0) is 70.5. The smallest absolute Gasteiger partial charge is 0.407 e. The lowest BCUT2D eigenvalue weighted by molar-refractivity contribution is -0.153. The van der Waals surface area contributed by atoms with Gasteiger partial charge in [-0.05, 0) is 130 Å². The molecule has 0 aliphatic heterocycles. The van der Waals surface area contributed by atoms with Crippen molar-refractivity contribution in [1.29, 1.82) is 0 Å². The second kappa shape index (κ2) is 40.9. The molecule has 0 fully saturated rings. The van der Waals surface area contributed by atoms with Crippen molar-refractivity contribution in [2.75, 3.05) is 39.6 Å². The fourth-order valence-electron chi connectivity index (χ4n) is 15.7. The van der Waals surface area contributed by atoms with Crippen LogP contribution in [0.5, 0.6) is 11.5 Å². The standard InChI is InChI=1S/C82H122Cl2N2O9Si2/c1-59(2)53-78(86-81(89)92-58-77-75-39-31-29-37-73(75)74-38-30-32-40-76(74)77)80(88)85-57-79(87)95-82(66-41-45-69(83)46-42-66,67-43-47-70(84)48-44-67)68-54-71(90-49-33-25-21-17-15-19-23-27-35-51-93-96(60(3)4,61(5)6)62(7)8)56-72(55-68)91-50-34-26-22-18-16-20-24-28-36-52-94-97(63(9)10,64(11)12)65(13)14/h29-32,37-48,54-56,59-65,77-78H,15-28,33-36,49-53,57-58H2,1-14H3,(H,85,88)(H,86,89)/t78-/m0/s1. The molecular formula is C82H122Cl2N2O9Si2. The Morgan fingerprint density at radius 2 is 0.814 bits per heavy atom. The third-order valence-electron chi connectivity index (χ3n) is 20.4. The Kier molecular flexibility index (Phi) is 34.1. The van der Waals surface area contributed by atoms with Crippen LogP contribution in [0.2, 0.25) is 43.3 Å². The second-order valence-electron chi connectivity index (χ2n) is 29.6. The molecule has 1 atom stereocenters. The summed E-state index contributed by atoms with van der Waals surface area (Å²) >= 11 is 13.2. The molecule has 0 heterocycles. The average Bonchev–Trinajstić information content (AvgIpc) is 1.45. The molecule has 536 valence electrons. The van der Waals surface area contributed by atoms with Crippen LogP contribution in [0.4, 0.5) is 4.79 Å². The van der Waals surface area contributed by atoms with Crippen molar-refractivity contribution in [2.24, 2.45) is 5.92 Å². The summed E-state index contributed by atoms with van der Waals surface area (Å²) in [6, 6.07) is 35.5. The van der Waals surface area contributed by atoms with E-state index in [0.717, 1.165) is 86.8 Å². The lowest BCUT2D eigenvalue weighted by Crippen LogP contribution is -2.49. The molecule has 0 spiro atoms. The van der Waals surface area contributed by atoms with Gasteiger partial charge in [0.15, 0.2) is 22.2 Å². The van der Waals surface area contributed by atoms with Crippen LogP contribution in [0.3, 0.4) is 0 Å². The van der Waals surface area contributed by atoms with Gasteiger partial charge in [0.2, 0.25) is 5.91 Å². The molecule has 1 aliphatic carbocycles. The minimum atomic E-state index is -1.82.